The Morgan fingerprint density at radius 3 is 2.76 bits per heavy atom. The van der Waals surface area contributed by atoms with Crippen LogP contribution in [0.25, 0.3) is 0 Å². The van der Waals surface area contributed by atoms with Gasteiger partial charge in [0.1, 0.15) is 0 Å². The standard InChI is InChI=1S/C14H23N3/c1-2-4-12-6-8-13(9-7-12)15-11-14-5-3-10-16-17-14/h3,5,10,12-13,15H,2,4,6-9,11H2,1H3. The van der Waals surface area contributed by atoms with Gasteiger partial charge in [-0.15, -0.1) is 0 Å². The summed E-state index contributed by atoms with van der Waals surface area (Å²) < 4.78 is 0. The molecule has 17 heavy (non-hydrogen) atoms. The maximum Gasteiger partial charge on any atom is 0.0769 e. The Morgan fingerprint density at radius 1 is 1.29 bits per heavy atom. The van der Waals surface area contributed by atoms with Crippen molar-refractivity contribution in [1.82, 2.24) is 15.5 Å². The molecule has 1 saturated carbocycles. The molecule has 0 saturated heterocycles. The molecule has 3 nitrogen and oxygen atoms in total. The molecule has 1 aliphatic rings. The molecule has 0 aromatic carbocycles. The van der Waals surface area contributed by atoms with Gasteiger partial charge in [-0.3, -0.25) is 0 Å². The van der Waals surface area contributed by atoms with Crippen LogP contribution in [0, 0.1) is 5.92 Å². The zero-order valence-electron chi connectivity index (χ0n) is 10.7. The normalized spacial score (nSPS) is 24.8. The summed E-state index contributed by atoms with van der Waals surface area (Å²) in [6.07, 6.45) is 9.91. The van der Waals surface area contributed by atoms with Gasteiger partial charge >= 0.3 is 0 Å². The molecule has 0 spiro atoms. The monoisotopic (exact) mass is 233 g/mol. The first kappa shape index (κ1) is 12.5. The molecular formula is C14H23N3. The number of nitrogens with zero attached hydrogens (tertiary/aromatic N) is 2. The highest BCUT2D eigenvalue weighted by Gasteiger charge is 2.19. The van der Waals surface area contributed by atoms with E-state index in [0.717, 1.165) is 18.2 Å². The zero-order chi connectivity index (χ0) is 11.9. The highest BCUT2D eigenvalue weighted by molar-refractivity contribution is 4.98. The Kier molecular flexibility index (Phi) is 4.92. The second kappa shape index (κ2) is 6.70. The van der Waals surface area contributed by atoms with Crippen LogP contribution in [0.3, 0.4) is 0 Å². The fourth-order valence-corrected chi connectivity index (χ4v) is 2.74. The van der Waals surface area contributed by atoms with E-state index in [1.165, 1.54) is 38.5 Å². The van der Waals surface area contributed by atoms with E-state index in [-0.39, 0.29) is 0 Å². The summed E-state index contributed by atoms with van der Waals surface area (Å²) in [6, 6.07) is 4.66. The van der Waals surface area contributed by atoms with E-state index >= 15 is 0 Å². The number of hydrogen-bond donors (Lipinski definition) is 1. The minimum Gasteiger partial charge on any atom is -0.308 e. The average molecular weight is 233 g/mol. The van der Waals surface area contributed by atoms with E-state index in [4.69, 9.17) is 0 Å². The molecule has 0 atom stereocenters. The average Bonchev–Trinajstić information content (AvgIpc) is 2.40. The molecule has 1 fully saturated rings. The Labute approximate surface area is 104 Å². The van der Waals surface area contributed by atoms with Gasteiger partial charge in [-0.25, -0.2) is 0 Å². The van der Waals surface area contributed by atoms with Gasteiger partial charge in [0.05, 0.1) is 5.69 Å². The molecule has 0 radical (unpaired) electrons. The maximum atomic E-state index is 4.10. The molecule has 1 aromatic heterocycles. The second-order valence-electron chi connectivity index (χ2n) is 5.10. The van der Waals surface area contributed by atoms with Crippen LogP contribution >= 0.6 is 0 Å². The molecule has 2 rings (SSSR count). The van der Waals surface area contributed by atoms with Gasteiger partial charge in [0, 0.05) is 18.8 Å². The lowest BCUT2D eigenvalue weighted by Crippen LogP contribution is -2.33. The van der Waals surface area contributed by atoms with Crippen LogP contribution in [0.4, 0.5) is 0 Å². The smallest absolute Gasteiger partial charge is 0.0769 e. The van der Waals surface area contributed by atoms with Crippen LogP contribution in [0.15, 0.2) is 18.3 Å². The van der Waals surface area contributed by atoms with Crippen molar-refractivity contribution >= 4 is 0 Å². The van der Waals surface area contributed by atoms with Gasteiger partial charge in [-0.2, -0.15) is 10.2 Å². The zero-order valence-corrected chi connectivity index (χ0v) is 10.7. The third-order valence-corrected chi connectivity index (χ3v) is 3.74. The van der Waals surface area contributed by atoms with Crippen LogP contribution < -0.4 is 5.32 Å². The topological polar surface area (TPSA) is 37.8 Å². The van der Waals surface area contributed by atoms with E-state index < -0.39 is 0 Å². The van der Waals surface area contributed by atoms with Crippen molar-refractivity contribution in [3.63, 3.8) is 0 Å². The van der Waals surface area contributed by atoms with E-state index in [2.05, 4.69) is 22.4 Å². The van der Waals surface area contributed by atoms with Crippen LogP contribution in [-0.2, 0) is 6.54 Å². The highest BCUT2D eigenvalue weighted by Crippen LogP contribution is 2.27. The Morgan fingerprint density at radius 2 is 2.12 bits per heavy atom. The first-order chi connectivity index (χ1) is 8.38. The van der Waals surface area contributed by atoms with Crippen molar-refractivity contribution in [3.05, 3.63) is 24.0 Å². The molecule has 0 unspecified atom stereocenters. The third-order valence-electron chi connectivity index (χ3n) is 3.74. The van der Waals surface area contributed by atoms with Gasteiger partial charge < -0.3 is 5.32 Å². The summed E-state index contributed by atoms with van der Waals surface area (Å²) >= 11 is 0. The first-order valence-electron chi connectivity index (χ1n) is 6.88. The van der Waals surface area contributed by atoms with E-state index in [1.54, 1.807) is 6.20 Å². The molecule has 0 bridgehead atoms. The fraction of sp³-hybridized carbons (Fsp3) is 0.714. The van der Waals surface area contributed by atoms with E-state index in [9.17, 15) is 0 Å². The van der Waals surface area contributed by atoms with Crippen molar-refractivity contribution in [2.75, 3.05) is 0 Å². The summed E-state index contributed by atoms with van der Waals surface area (Å²) in [4.78, 5) is 0. The van der Waals surface area contributed by atoms with Crippen molar-refractivity contribution in [1.29, 1.82) is 0 Å². The molecule has 0 amide bonds. The lowest BCUT2D eigenvalue weighted by Gasteiger charge is -2.28. The maximum absolute atomic E-state index is 4.10. The summed E-state index contributed by atoms with van der Waals surface area (Å²) in [6.45, 7) is 3.15. The number of hydrogen-bond acceptors (Lipinski definition) is 3. The molecular weight excluding hydrogens is 210 g/mol. The van der Waals surface area contributed by atoms with Gasteiger partial charge in [0.25, 0.3) is 0 Å². The number of rotatable bonds is 5. The molecule has 1 heterocycles. The third kappa shape index (κ3) is 4.08. The van der Waals surface area contributed by atoms with Crippen LogP contribution in [-0.4, -0.2) is 16.2 Å². The number of aromatic nitrogens is 2. The lowest BCUT2D eigenvalue weighted by molar-refractivity contribution is 0.277. The van der Waals surface area contributed by atoms with Crippen molar-refractivity contribution < 1.29 is 0 Å². The van der Waals surface area contributed by atoms with Crippen LogP contribution in [0.5, 0.6) is 0 Å². The molecule has 94 valence electrons. The van der Waals surface area contributed by atoms with Crippen molar-refractivity contribution in [2.24, 2.45) is 5.92 Å². The number of nitrogens with one attached hydrogen (secondary N) is 1. The Balaban J connectivity index is 1.68. The summed E-state index contributed by atoms with van der Waals surface area (Å²) in [5, 5.41) is 11.6. The minimum absolute atomic E-state index is 0.685. The fourth-order valence-electron chi connectivity index (χ4n) is 2.74. The van der Waals surface area contributed by atoms with Crippen LogP contribution in [0.1, 0.15) is 51.1 Å². The van der Waals surface area contributed by atoms with Crippen LogP contribution in [0.2, 0.25) is 0 Å². The Hall–Kier alpha value is -0.960. The minimum atomic E-state index is 0.685. The molecule has 1 aromatic rings. The second-order valence-corrected chi connectivity index (χ2v) is 5.10. The summed E-state index contributed by atoms with van der Waals surface area (Å²) in [5.41, 5.74) is 1.04. The summed E-state index contributed by atoms with van der Waals surface area (Å²) in [5.74, 6) is 0.981. The molecule has 1 aliphatic carbocycles. The van der Waals surface area contributed by atoms with Crippen molar-refractivity contribution in [3.8, 4) is 0 Å². The van der Waals surface area contributed by atoms with Crippen molar-refractivity contribution in [2.45, 2.75) is 58.0 Å². The molecule has 0 aliphatic heterocycles. The predicted octanol–water partition coefficient (Wildman–Crippen LogP) is 2.93. The molecule has 3 heteroatoms. The SMILES string of the molecule is CCCC1CCC(NCc2cccnn2)CC1. The first-order valence-corrected chi connectivity index (χ1v) is 6.88. The van der Waals surface area contributed by atoms with Gasteiger partial charge in [-0.05, 0) is 43.7 Å². The van der Waals surface area contributed by atoms with Gasteiger partial charge in [0.15, 0.2) is 0 Å². The quantitative estimate of drug-likeness (QED) is 0.849. The largest absolute Gasteiger partial charge is 0.308 e. The lowest BCUT2D eigenvalue weighted by atomic mass is 9.83. The highest BCUT2D eigenvalue weighted by atomic mass is 15.1. The van der Waals surface area contributed by atoms with E-state index in [0.29, 0.717) is 6.04 Å². The Bertz CT molecular complexity index is 305. The summed E-state index contributed by atoms with van der Waals surface area (Å²) in [7, 11) is 0. The molecule has 1 N–H and O–H groups in total. The predicted molar refractivity (Wildman–Crippen MR) is 69.5 cm³/mol. The van der Waals surface area contributed by atoms with E-state index in [1.807, 2.05) is 12.1 Å². The van der Waals surface area contributed by atoms with Gasteiger partial charge in [-0.1, -0.05) is 19.8 Å². The van der Waals surface area contributed by atoms with Gasteiger partial charge in [0.2, 0.25) is 0 Å².